The molecule has 0 aliphatic carbocycles. The van der Waals surface area contributed by atoms with E-state index in [0.29, 0.717) is 0 Å². The number of imidazole rings is 1. The number of fused-ring (bicyclic) bond motifs is 1. The lowest BCUT2D eigenvalue weighted by Crippen LogP contribution is -2.00. The molecule has 0 aliphatic rings. The summed E-state index contributed by atoms with van der Waals surface area (Å²) in [6.07, 6.45) is 5.31. The van der Waals surface area contributed by atoms with E-state index < -0.39 is 0 Å². The standard InChI is InChI=1S/C18H18N2/c1-2-18-19-16-12-6-7-13-17(16)20(18)14-8-11-15-9-4-3-5-10-15/h3-13H,2,14H2,1H3/b11-8-. The van der Waals surface area contributed by atoms with Crippen molar-refractivity contribution in [3.05, 3.63) is 72.1 Å². The number of nitrogens with zero attached hydrogens (tertiary/aromatic N) is 2. The van der Waals surface area contributed by atoms with Crippen molar-refractivity contribution in [2.75, 3.05) is 0 Å². The first-order valence-electron chi connectivity index (χ1n) is 7.04. The van der Waals surface area contributed by atoms with E-state index in [1.165, 1.54) is 11.1 Å². The van der Waals surface area contributed by atoms with Crippen LogP contribution in [0.1, 0.15) is 18.3 Å². The number of aromatic nitrogens is 2. The summed E-state index contributed by atoms with van der Waals surface area (Å²) in [6, 6.07) is 18.7. The highest BCUT2D eigenvalue weighted by Gasteiger charge is 2.06. The molecule has 2 heteroatoms. The summed E-state index contributed by atoms with van der Waals surface area (Å²) < 4.78 is 2.29. The molecule has 0 spiro atoms. The largest absolute Gasteiger partial charge is 0.324 e. The van der Waals surface area contributed by atoms with Crippen LogP contribution >= 0.6 is 0 Å². The Kier molecular flexibility index (Phi) is 3.64. The van der Waals surface area contributed by atoms with Gasteiger partial charge in [0.05, 0.1) is 11.0 Å². The predicted molar refractivity (Wildman–Crippen MR) is 84.6 cm³/mol. The van der Waals surface area contributed by atoms with Crippen molar-refractivity contribution in [2.45, 2.75) is 19.9 Å². The fraction of sp³-hybridized carbons (Fsp3) is 0.167. The van der Waals surface area contributed by atoms with Crippen LogP contribution < -0.4 is 0 Å². The fourth-order valence-corrected chi connectivity index (χ4v) is 2.46. The molecular formula is C18H18N2. The molecule has 3 aromatic rings. The lowest BCUT2D eigenvalue weighted by Gasteiger charge is -2.04. The van der Waals surface area contributed by atoms with Crippen LogP contribution in [0.5, 0.6) is 0 Å². The molecule has 1 heterocycles. The van der Waals surface area contributed by atoms with E-state index >= 15 is 0 Å². The van der Waals surface area contributed by atoms with Gasteiger partial charge in [-0.2, -0.15) is 0 Å². The van der Waals surface area contributed by atoms with Crippen molar-refractivity contribution < 1.29 is 0 Å². The molecule has 0 aliphatic heterocycles. The molecule has 1 aromatic heterocycles. The van der Waals surface area contributed by atoms with Crippen molar-refractivity contribution in [3.8, 4) is 0 Å². The minimum Gasteiger partial charge on any atom is -0.324 e. The van der Waals surface area contributed by atoms with Crippen LogP contribution in [0, 0.1) is 0 Å². The average molecular weight is 262 g/mol. The first-order valence-corrected chi connectivity index (χ1v) is 7.04. The SMILES string of the molecule is CCc1nc2ccccc2n1C/C=C\c1ccccc1. The van der Waals surface area contributed by atoms with Crippen LogP contribution in [0.25, 0.3) is 17.1 Å². The van der Waals surface area contributed by atoms with Gasteiger partial charge in [0.1, 0.15) is 5.82 Å². The van der Waals surface area contributed by atoms with E-state index in [9.17, 15) is 0 Å². The topological polar surface area (TPSA) is 17.8 Å². The number of hydrogen-bond acceptors (Lipinski definition) is 1. The highest BCUT2D eigenvalue weighted by molar-refractivity contribution is 5.76. The van der Waals surface area contributed by atoms with Gasteiger partial charge in [0.25, 0.3) is 0 Å². The third-order valence-electron chi connectivity index (χ3n) is 3.45. The second kappa shape index (κ2) is 5.74. The zero-order chi connectivity index (χ0) is 13.8. The number of allylic oxidation sites excluding steroid dienone is 1. The monoisotopic (exact) mass is 262 g/mol. The third-order valence-corrected chi connectivity index (χ3v) is 3.45. The van der Waals surface area contributed by atoms with Gasteiger partial charge in [0.15, 0.2) is 0 Å². The Bertz CT molecular complexity index is 724. The van der Waals surface area contributed by atoms with E-state index in [4.69, 9.17) is 0 Å². The van der Waals surface area contributed by atoms with Crippen molar-refractivity contribution in [1.82, 2.24) is 9.55 Å². The van der Waals surface area contributed by atoms with Crippen LogP contribution in [0.4, 0.5) is 0 Å². The Morgan fingerprint density at radius 2 is 1.75 bits per heavy atom. The van der Waals surface area contributed by atoms with Crippen molar-refractivity contribution in [2.24, 2.45) is 0 Å². The van der Waals surface area contributed by atoms with Crippen LogP contribution in [0.15, 0.2) is 60.7 Å². The summed E-state index contributed by atoms with van der Waals surface area (Å²) in [6.45, 7) is 3.01. The second-order valence-electron chi connectivity index (χ2n) is 4.79. The molecule has 0 bridgehead atoms. The Morgan fingerprint density at radius 1 is 1.00 bits per heavy atom. The molecule has 0 fully saturated rings. The van der Waals surface area contributed by atoms with E-state index in [1.54, 1.807) is 0 Å². The first-order chi connectivity index (χ1) is 9.88. The van der Waals surface area contributed by atoms with E-state index in [1.807, 2.05) is 12.1 Å². The number of hydrogen-bond donors (Lipinski definition) is 0. The summed E-state index contributed by atoms with van der Waals surface area (Å²) in [4.78, 5) is 4.69. The normalized spacial score (nSPS) is 11.4. The van der Waals surface area contributed by atoms with Crippen LogP contribution in [0.2, 0.25) is 0 Å². The zero-order valence-corrected chi connectivity index (χ0v) is 11.7. The maximum Gasteiger partial charge on any atom is 0.109 e. The van der Waals surface area contributed by atoms with Crippen molar-refractivity contribution in [1.29, 1.82) is 0 Å². The molecule has 0 amide bonds. The third kappa shape index (κ3) is 2.50. The van der Waals surface area contributed by atoms with E-state index in [-0.39, 0.29) is 0 Å². The van der Waals surface area contributed by atoms with Gasteiger partial charge in [-0.3, -0.25) is 0 Å². The molecule has 0 atom stereocenters. The highest BCUT2D eigenvalue weighted by atomic mass is 15.1. The molecule has 0 unspecified atom stereocenters. The van der Waals surface area contributed by atoms with Crippen molar-refractivity contribution in [3.63, 3.8) is 0 Å². The van der Waals surface area contributed by atoms with Gasteiger partial charge in [-0.25, -0.2) is 4.98 Å². The summed E-state index contributed by atoms with van der Waals surface area (Å²) in [5.74, 6) is 1.14. The maximum atomic E-state index is 4.69. The van der Waals surface area contributed by atoms with Gasteiger partial charge in [-0.1, -0.05) is 61.5 Å². The summed E-state index contributed by atoms with van der Waals surface area (Å²) in [7, 11) is 0. The molecule has 0 saturated carbocycles. The molecule has 0 N–H and O–H groups in total. The van der Waals surface area contributed by atoms with Gasteiger partial charge in [-0.15, -0.1) is 0 Å². The maximum absolute atomic E-state index is 4.69. The number of rotatable bonds is 4. The molecule has 100 valence electrons. The zero-order valence-electron chi connectivity index (χ0n) is 11.7. The molecule has 2 aromatic carbocycles. The lowest BCUT2D eigenvalue weighted by atomic mass is 10.2. The molecule has 0 radical (unpaired) electrons. The Morgan fingerprint density at radius 3 is 2.55 bits per heavy atom. The van der Waals surface area contributed by atoms with Crippen LogP contribution in [0.3, 0.4) is 0 Å². The number of benzene rings is 2. The van der Waals surface area contributed by atoms with Gasteiger partial charge in [0, 0.05) is 13.0 Å². The molecule has 20 heavy (non-hydrogen) atoms. The Labute approximate surface area is 119 Å². The highest BCUT2D eigenvalue weighted by Crippen LogP contribution is 2.16. The Hall–Kier alpha value is -2.35. The second-order valence-corrected chi connectivity index (χ2v) is 4.79. The van der Waals surface area contributed by atoms with Gasteiger partial charge in [-0.05, 0) is 17.7 Å². The minimum atomic E-state index is 0.860. The smallest absolute Gasteiger partial charge is 0.109 e. The predicted octanol–water partition coefficient (Wildman–Crippen LogP) is 4.31. The quantitative estimate of drug-likeness (QED) is 0.685. The van der Waals surface area contributed by atoms with E-state index in [2.05, 4.69) is 71.1 Å². The van der Waals surface area contributed by atoms with Gasteiger partial charge >= 0.3 is 0 Å². The molecule has 0 saturated heterocycles. The molecule has 3 rings (SSSR count). The average Bonchev–Trinajstić information content (AvgIpc) is 2.87. The summed E-state index contributed by atoms with van der Waals surface area (Å²) >= 11 is 0. The van der Waals surface area contributed by atoms with Crippen LogP contribution in [-0.2, 0) is 13.0 Å². The minimum absolute atomic E-state index is 0.860. The summed E-state index contributed by atoms with van der Waals surface area (Å²) in [5, 5.41) is 0. The van der Waals surface area contributed by atoms with E-state index in [0.717, 1.165) is 24.3 Å². The number of aryl methyl sites for hydroxylation is 1. The fourth-order valence-electron chi connectivity index (χ4n) is 2.46. The van der Waals surface area contributed by atoms with Crippen LogP contribution in [-0.4, -0.2) is 9.55 Å². The van der Waals surface area contributed by atoms with Gasteiger partial charge in [0.2, 0.25) is 0 Å². The Balaban J connectivity index is 1.89. The lowest BCUT2D eigenvalue weighted by molar-refractivity contribution is 0.770. The first kappa shape index (κ1) is 12.7. The number of para-hydroxylation sites is 2. The molecule has 2 nitrogen and oxygen atoms in total. The van der Waals surface area contributed by atoms with Crippen molar-refractivity contribution >= 4 is 17.1 Å². The molecular weight excluding hydrogens is 244 g/mol. The summed E-state index contributed by atoms with van der Waals surface area (Å²) in [5.41, 5.74) is 3.52. The van der Waals surface area contributed by atoms with Gasteiger partial charge < -0.3 is 4.57 Å².